The number of carbonyl (C=O) groups is 1. The van der Waals surface area contributed by atoms with E-state index in [1.165, 1.54) is 0 Å². The molecule has 1 rings (SSSR count). The third kappa shape index (κ3) is 5.99. The number of amides is 2. The average molecular weight is 294 g/mol. The van der Waals surface area contributed by atoms with Crippen molar-refractivity contribution in [2.24, 2.45) is 5.92 Å². The van der Waals surface area contributed by atoms with Gasteiger partial charge in [0.1, 0.15) is 5.82 Å². The molecular formula is C15H26N4O2. The van der Waals surface area contributed by atoms with E-state index in [-0.39, 0.29) is 18.5 Å². The van der Waals surface area contributed by atoms with Gasteiger partial charge in [0.2, 0.25) is 0 Å². The number of carbonyl (C=O) groups excluding carboxylic acids is 1. The van der Waals surface area contributed by atoms with E-state index in [9.17, 15) is 9.90 Å². The topological polar surface area (TPSA) is 77.5 Å². The molecule has 2 amide bonds. The molecule has 0 spiro atoms. The summed E-state index contributed by atoms with van der Waals surface area (Å²) < 4.78 is 0. The molecule has 3 N–H and O–H groups in total. The fourth-order valence-corrected chi connectivity index (χ4v) is 1.73. The van der Waals surface area contributed by atoms with Crippen molar-refractivity contribution in [2.45, 2.75) is 32.9 Å². The van der Waals surface area contributed by atoms with Crippen LogP contribution in [-0.2, 0) is 6.54 Å². The molecule has 2 unspecified atom stereocenters. The lowest BCUT2D eigenvalue weighted by Gasteiger charge is -2.18. The van der Waals surface area contributed by atoms with Crippen LogP contribution in [0.4, 0.5) is 10.6 Å². The highest BCUT2D eigenvalue weighted by atomic mass is 16.3. The molecule has 6 nitrogen and oxygen atoms in total. The standard InChI is InChI=1S/C15H26N4O2/c1-5-11(2)13(20)10-18-15(21)17-9-12-6-7-16-14(8-12)19(3)4/h6-8,11,13,20H,5,9-10H2,1-4H3,(H2,17,18,21). The molecule has 6 heteroatoms. The number of anilines is 1. The summed E-state index contributed by atoms with van der Waals surface area (Å²) in [4.78, 5) is 17.8. The molecule has 0 saturated heterocycles. The summed E-state index contributed by atoms with van der Waals surface area (Å²) in [7, 11) is 3.84. The van der Waals surface area contributed by atoms with Gasteiger partial charge in [0.05, 0.1) is 6.10 Å². The van der Waals surface area contributed by atoms with Crippen LogP contribution >= 0.6 is 0 Å². The number of aliphatic hydroxyl groups is 1. The summed E-state index contributed by atoms with van der Waals surface area (Å²) in [6.45, 7) is 4.67. The van der Waals surface area contributed by atoms with E-state index in [0.717, 1.165) is 17.8 Å². The number of hydrogen-bond acceptors (Lipinski definition) is 4. The summed E-state index contributed by atoms with van der Waals surface area (Å²) in [5, 5.41) is 15.2. The van der Waals surface area contributed by atoms with E-state index in [0.29, 0.717) is 6.54 Å². The van der Waals surface area contributed by atoms with Crippen molar-refractivity contribution in [2.75, 3.05) is 25.5 Å². The second kappa shape index (κ2) is 8.46. The number of nitrogens with one attached hydrogen (secondary N) is 2. The van der Waals surface area contributed by atoms with Gasteiger partial charge in [-0.2, -0.15) is 0 Å². The lowest BCUT2D eigenvalue weighted by molar-refractivity contribution is 0.114. The molecule has 118 valence electrons. The van der Waals surface area contributed by atoms with Crippen molar-refractivity contribution in [1.82, 2.24) is 15.6 Å². The van der Waals surface area contributed by atoms with E-state index < -0.39 is 6.10 Å². The second-order valence-corrected chi connectivity index (χ2v) is 5.43. The highest BCUT2D eigenvalue weighted by Gasteiger charge is 2.13. The average Bonchev–Trinajstić information content (AvgIpc) is 2.49. The summed E-state index contributed by atoms with van der Waals surface area (Å²) >= 11 is 0. The highest BCUT2D eigenvalue weighted by molar-refractivity contribution is 5.73. The quantitative estimate of drug-likeness (QED) is 0.709. The molecular weight excluding hydrogens is 268 g/mol. The van der Waals surface area contributed by atoms with Gasteiger partial charge in [0, 0.05) is 33.4 Å². The van der Waals surface area contributed by atoms with E-state index in [1.54, 1.807) is 6.20 Å². The molecule has 2 atom stereocenters. The van der Waals surface area contributed by atoms with Gasteiger partial charge >= 0.3 is 6.03 Å². The molecule has 0 radical (unpaired) electrons. The molecule has 0 fully saturated rings. The van der Waals surface area contributed by atoms with Gasteiger partial charge in [0.15, 0.2) is 0 Å². The van der Waals surface area contributed by atoms with Gasteiger partial charge in [-0.25, -0.2) is 9.78 Å². The SMILES string of the molecule is CCC(C)C(O)CNC(=O)NCc1ccnc(N(C)C)c1. The first-order valence-electron chi connectivity index (χ1n) is 7.26. The Bertz CT molecular complexity index is 451. The van der Waals surface area contributed by atoms with Crippen molar-refractivity contribution in [3.63, 3.8) is 0 Å². The number of rotatable bonds is 7. The monoisotopic (exact) mass is 294 g/mol. The van der Waals surface area contributed by atoms with Crippen LogP contribution in [0.25, 0.3) is 0 Å². The Morgan fingerprint density at radius 1 is 1.43 bits per heavy atom. The smallest absolute Gasteiger partial charge is 0.315 e. The Morgan fingerprint density at radius 2 is 2.14 bits per heavy atom. The predicted molar refractivity (Wildman–Crippen MR) is 84.3 cm³/mol. The molecule has 1 aromatic heterocycles. The minimum absolute atomic E-state index is 0.174. The Balaban J connectivity index is 2.38. The number of aliphatic hydroxyl groups excluding tert-OH is 1. The van der Waals surface area contributed by atoms with Crippen LogP contribution < -0.4 is 15.5 Å². The van der Waals surface area contributed by atoms with Crippen molar-refractivity contribution < 1.29 is 9.90 Å². The fraction of sp³-hybridized carbons (Fsp3) is 0.600. The van der Waals surface area contributed by atoms with E-state index in [1.807, 2.05) is 45.0 Å². The highest BCUT2D eigenvalue weighted by Crippen LogP contribution is 2.09. The summed E-state index contributed by atoms with van der Waals surface area (Å²) in [5.41, 5.74) is 0.978. The van der Waals surface area contributed by atoms with Gasteiger partial charge in [0.25, 0.3) is 0 Å². The Morgan fingerprint density at radius 3 is 2.76 bits per heavy atom. The van der Waals surface area contributed by atoms with Gasteiger partial charge in [-0.3, -0.25) is 0 Å². The zero-order valence-electron chi connectivity index (χ0n) is 13.3. The largest absolute Gasteiger partial charge is 0.391 e. The summed E-state index contributed by atoms with van der Waals surface area (Å²) in [5.74, 6) is 1.02. The number of nitrogens with zero attached hydrogens (tertiary/aromatic N) is 2. The third-order valence-electron chi connectivity index (χ3n) is 3.49. The number of aromatic nitrogens is 1. The molecule has 0 saturated carbocycles. The maximum atomic E-state index is 11.7. The van der Waals surface area contributed by atoms with Crippen LogP contribution in [0.1, 0.15) is 25.8 Å². The van der Waals surface area contributed by atoms with Gasteiger partial charge in [-0.1, -0.05) is 20.3 Å². The molecule has 0 aromatic carbocycles. The van der Waals surface area contributed by atoms with Gasteiger partial charge in [-0.05, 0) is 23.6 Å². The second-order valence-electron chi connectivity index (χ2n) is 5.43. The van der Waals surface area contributed by atoms with Crippen LogP contribution in [0, 0.1) is 5.92 Å². The zero-order valence-corrected chi connectivity index (χ0v) is 13.3. The Kier molecular flexibility index (Phi) is 6.94. The number of pyridine rings is 1. The molecule has 0 aliphatic heterocycles. The van der Waals surface area contributed by atoms with Crippen molar-refractivity contribution in [3.05, 3.63) is 23.9 Å². The first kappa shape index (κ1) is 17.2. The fourth-order valence-electron chi connectivity index (χ4n) is 1.73. The maximum absolute atomic E-state index is 11.7. The minimum Gasteiger partial charge on any atom is -0.391 e. The van der Waals surface area contributed by atoms with Crippen LogP contribution in [0.2, 0.25) is 0 Å². The van der Waals surface area contributed by atoms with Crippen molar-refractivity contribution in [3.8, 4) is 0 Å². The van der Waals surface area contributed by atoms with Gasteiger partial charge < -0.3 is 20.6 Å². The molecule has 21 heavy (non-hydrogen) atoms. The normalized spacial score (nSPS) is 13.4. The van der Waals surface area contributed by atoms with Crippen molar-refractivity contribution in [1.29, 1.82) is 0 Å². The molecule has 0 aliphatic carbocycles. The van der Waals surface area contributed by atoms with E-state index >= 15 is 0 Å². The number of hydrogen-bond donors (Lipinski definition) is 3. The molecule has 1 heterocycles. The first-order chi connectivity index (χ1) is 9.93. The minimum atomic E-state index is -0.512. The Labute approximate surface area is 126 Å². The lowest BCUT2D eigenvalue weighted by Crippen LogP contribution is -2.41. The molecule has 0 aliphatic rings. The molecule has 0 bridgehead atoms. The third-order valence-corrected chi connectivity index (χ3v) is 3.49. The summed E-state index contributed by atoms with van der Waals surface area (Å²) in [6.07, 6.45) is 2.09. The first-order valence-corrected chi connectivity index (χ1v) is 7.26. The van der Waals surface area contributed by atoms with E-state index in [2.05, 4.69) is 15.6 Å². The number of urea groups is 1. The van der Waals surface area contributed by atoms with Crippen LogP contribution in [0.15, 0.2) is 18.3 Å². The predicted octanol–water partition coefficient (Wildman–Crippen LogP) is 1.35. The van der Waals surface area contributed by atoms with Crippen LogP contribution in [0.5, 0.6) is 0 Å². The summed E-state index contributed by atoms with van der Waals surface area (Å²) in [6, 6.07) is 3.51. The maximum Gasteiger partial charge on any atom is 0.315 e. The zero-order chi connectivity index (χ0) is 15.8. The van der Waals surface area contributed by atoms with E-state index in [4.69, 9.17) is 0 Å². The van der Waals surface area contributed by atoms with Crippen LogP contribution in [0.3, 0.4) is 0 Å². The lowest BCUT2D eigenvalue weighted by atomic mass is 10.0. The molecule has 1 aromatic rings. The van der Waals surface area contributed by atoms with Crippen molar-refractivity contribution >= 4 is 11.8 Å². The van der Waals surface area contributed by atoms with Gasteiger partial charge in [-0.15, -0.1) is 0 Å². The Hall–Kier alpha value is -1.82. The van der Waals surface area contributed by atoms with Crippen LogP contribution in [-0.4, -0.2) is 42.9 Å².